The summed E-state index contributed by atoms with van der Waals surface area (Å²) in [5.74, 6) is -2.05. The Morgan fingerprint density at radius 2 is 1.74 bits per heavy atom. The van der Waals surface area contributed by atoms with E-state index in [1.807, 2.05) is 19.1 Å². The van der Waals surface area contributed by atoms with Gasteiger partial charge < -0.3 is 16.4 Å². The summed E-state index contributed by atoms with van der Waals surface area (Å²) in [5.41, 5.74) is 8.87. The lowest BCUT2D eigenvalue weighted by Gasteiger charge is -2.10. The zero-order chi connectivity index (χ0) is 25.3. The van der Waals surface area contributed by atoms with Crippen molar-refractivity contribution in [3.63, 3.8) is 0 Å². The van der Waals surface area contributed by atoms with Crippen LogP contribution in [-0.4, -0.2) is 39.5 Å². The summed E-state index contributed by atoms with van der Waals surface area (Å²) in [4.78, 5) is 40.9. The highest BCUT2D eigenvalue weighted by Gasteiger charge is 2.19. The molecule has 4 rings (SSSR count). The van der Waals surface area contributed by atoms with Crippen molar-refractivity contribution >= 4 is 34.3 Å². The van der Waals surface area contributed by atoms with Crippen LogP contribution < -0.4 is 16.4 Å². The number of nitrogens with one attached hydrogen (secondary N) is 2. The lowest BCUT2D eigenvalue weighted by atomic mass is 10.1. The van der Waals surface area contributed by atoms with Crippen LogP contribution in [0.2, 0.25) is 0 Å². The first-order valence-electron chi connectivity index (χ1n) is 10.7. The first-order chi connectivity index (χ1) is 16.7. The van der Waals surface area contributed by atoms with E-state index in [1.54, 1.807) is 30.8 Å². The van der Waals surface area contributed by atoms with Crippen molar-refractivity contribution in [2.24, 2.45) is 5.73 Å². The number of halogens is 1. The summed E-state index contributed by atoms with van der Waals surface area (Å²) >= 11 is 0. The molecule has 0 saturated carbocycles. The fourth-order valence-electron chi connectivity index (χ4n) is 3.81. The molecule has 0 fully saturated rings. The van der Waals surface area contributed by atoms with E-state index in [9.17, 15) is 18.8 Å². The Morgan fingerprint density at radius 3 is 2.40 bits per heavy atom. The van der Waals surface area contributed by atoms with Crippen molar-refractivity contribution in [2.45, 2.75) is 20.4 Å². The molecule has 0 saturated heterocycles. The molecule has 2 aromatic carbocycles. The number of primary amides is 1. The van der Waals surface area contributed by atoms with Crippen LogP contribution >= 0.6 is 0 Å². The van der Waals surface area contributed by atoms with E-state index < -0.39 is 17.6 Å². The monoisotopic (exact) mass is 474 g/mol. The number of aromatic nitrogens is 3. The zero-order valence-electron chi connectivity index (χ0n) is 19.3. The molecule has 0 atom stereocenters. The van der Waals surface area contributed by atoms with Crippen molar-refractivity contribution in [1.82, 2.24) is 20.1 Å². The van der Waals surface area contributed by atoms with Gasteiger partial charge in [-0.05, 0) is 49.7 Å². The van der Waals surface area contributed by atoms with Crippen molar-refractivity contribution in [3.05, 3.63) is 88.1 Å². The molecule has 0 radical (unpaired) electrons. The molecule has 3 amide bonds. The van der Waals surface area contributed by atoms with Crippen LogP contribution in [0.15, 0.2) is 48.5 Å². The Hall–Kier alpha value is -4.60. The van der Waals surface area contributed by atoms with E-state index in [4.69, 9.17) is 5.73 Å². The highest BCUT2D eigenvalue weighted by molar-refractivity contribution is 6.10. The summed E-state index contributed by atoms with van der Waals surface area (Å²) < 4.78 is 15.5. The molecule has 35 heavy (non-hydrogen) atoms. The minimum absolute atomic E-state index is 0.0736. The lowest BCUT2D eigenvalue weighted by molar-refractivity contribution is 0.0960. The SMILES string of the molecule is CNC(=O)c1ccc(Cn2nc(C)c(NC(=O)c3cc(C(N)=O)c4ccc(F)cc4n3)c2C)cc1. The number of hydrogen-bond donors (Lipinski definition) is 3. The molecule has 0 aliphatic carbocycles. The fraction of sp³-hybridized carbons (Fsp3) is 0.160. The summed E-state index contributed by atoms with van der Waals surface area (Å²) in [6.07, 6.45) is 0. The van der Waals surface area contributed by atoms with Crippen molar-refractivity contribution in [2.75, 3.05) is 12.4 Å². The summed E-state index contributed by atoms with van der Waals surface area (Å²) in [6, 6.07) is 12.2. The number of carbonyl (C=O) groups excluding carboxylic acids is 3. The largest absolute Gasteiger partial charge is 0.366 e. The topological polar surface area (TPSA) is 132 Å². The number of hydrogen-bond acceptors (Lipinski definition) is 5. The first kappa shape index (κ1) is 23.6. The van der Waals surface area contributed by atoms with Crippen molar-refractivity contribution in [1.29, 1.82) is 0 Å². The Kier molecular flexibility index (Phi) is 6.28. The highest BCUT2D eigenvalue weighted by atomic mass is 19.1. The van der Waals surface area contributed by atoms with Crippen molar-refractivity contribution in [3.8, 4) is 0 Å². The number of carbonyl (C=O) groups is 3. The van der Waals surface area contributed by atoms with Gasteiger partial charge in [-0.1, -0.05) is 12.1 Å². The van der Waals surface area contributed by atoms with Crippen LogP contribution in [-0.2, 0) is 6.54 Å². The van der Waals surface area contributed by atoms with Gasteiger partial charge in [0.15, 0.2) is 0 Å². The lowest BCUT2D eigenvalue weighted by Crippen LogP contribution is -2.18. The van der Waals surface area contributed by atoms with E-state index in [0.29, 0.717) is 34.6 Å². The number of anilines is 1. The molecule has 0 aliphatic heterocycles. The molecule has 0 aliphatic rings. The van der Waals surface area contributed by atoms with Crippen molar-refractivity contribution < 1.29 is 18.8 Å². The molecule has 0 spiro atoms. The van der Waals surface area contributed by atoms with Gasteiger partial charge in [-0.15, -0.1) is 0 Å². The Labute approximate surface area is 200 Å². The maximum absolute atomic E-state index is 13.7. The maximum Gasteiger partial charge on any atom is 0.274 e. The molecule has 0 unspecified atom stereocenters. The Morgan fingerprint density at radius 1 is 1.03 bits per heavy atom. The number of amides is 3. The molecular formula is C25H23FN6O3. The molecule has 2 aromatic heterocycles. The number of nitrogens with two attached hydrogens (primary N) is 1. The average Bonchev–Trinajstić information content (AvgIpc) is 3.10. The molecule has 4 aromatic rings. The number of pyridine rings is 1. The molecule has 178 valence electrons. The van der Waals surface area contributed by atoms with E-state index in [0.717, 1.165) is 11.6 Å². The summed E-state index contributed by atoms with van der Waals surface area (Å²) in [6.45, 7) is 3.99. The van der Waals surface area contributed by atoms with Gasteiger partial charge in [0, 0.05) is 24.1 Å². The minimum atomic E-state index is -0.749. The van der Waals surface area contributed by atoms with E-state index in [2.05, 4.69) is 20.7 Å². The van der Waals surface area contributed by atoms with Gasteiger partial charge in [0.25, 0.3) is 11.8 Å². The predicted molar refractivity (Wildman–Crippen MR) is 129 cm³/mol. The predicted octanol–water partition coefficient (Wildman–Crippen LogP) is 2.95. The van der Waals surface area contributed by atoms with Gasteiger partial charge in [0.05, 0.1) is 34.7 Å². The highest BCUT2D eigenvalue weighted by Crippen LogP contribution is 2.23. The van der Waals surface area contributed by atoms with Crippen LogP contribution in [0.1, 0.15) is 48.2 Å². The Bertz CT molecular complexity index is 1480. The molecule has 4 N–H and O–H groups in total. The van der Waals surface area contributed by atoms with Crippen LogP contribution in [0.4, 0.5) is 10.1 Å². The molecule has 9 nitrogen and oxygen atoms in total. The number of benzene rings is 2. The zero-order valence-corrected chi connectivity index (χ0v) is 19.3. The van der Waals surface area contributed by atoms with Gasteiger partial charge in [-0.2, -0.15) is 5.10 Å². The van der Waals surface area contributed by atoms with Gasteiger partial charge >= 0.3 is 0 Å². The van der Waals surface area contributed by atoms with Gasteiger partial charge in [0.2, 0.25) is 5.91 Å². The Balaban J connectivity index is 1.60. The quantitative estimate of drug-likeness (QED) is 0.395. The third-order valence-electron chi connectivity index (χ3n) is 5.67. The number of fused-ring (bicyclic) bond motifs is 1. The third kappa shape index (κ3) is 4.72. The van der Waals surface area contributed by atoms with E-state index in [1.165, 1.54) is 18.2 Å². The third-order valence-corrected chi connectivity index (χ3v) is 5.67. The number of aryl methyl sites for hydroxylation is 1. The molecule has 2 heterocycles. The smallest absolute Gasteiger partial charge is 0.274 e. The molecule has 0 bridgehead atoms. The second-order valence-corrected chi connectivity index (χ2v) is 8.01. The normalized spacial score (nSPS) is 10.9. The van der Waals surface area contributed by atoms with Gasteiger partial charge in [0.1, 0.15) is 11.5 Å². The van der Waals surface area contributed by atoms with Crippen LogP contribution in [0.5, 0.6) is 0 Å². The maximum atomic E-state index is 13.7. The fourth-order valence-corrected chi connectivity index (χ4v) is 3.81. The van der Waals surface area contributed by atoms with Crippen LogP contribution in [0.3, 0.4) is 0 Å². The number of rotatable bonds is 6. The van der Waals surface area contributed by atoms with E-state index in [-0.39, 0.29) is 22.7 Å². The number of nitrogens with zero attached hydrogens (tertiary/aromatic N) is 3. The van der Waals surface area contributed by atoms with Gasteiger partial charge in [-0.25, -0.2) is 9.37 Å². The van der Waals surface area contributed by atoms with Crippen LogP contribution in [0, 0.1) is 19.7 Å². The van der Waals surface area contributed by atoms with E-state index >= 15 is 0 Å². The standard InChI is InChI=1S/C25H23FN6O3/c1-13-22(14(2)32(31-13)12-15-4-6-16(7-5-15)24(34)28-3)30-25(35)21-11-19(23(27)33)18-9-8-17(26)10-20(18)29-21/h4-11H,12H2,1-3H3,(H2,27,33)(H,28,34)(H,30,35). The summed E-state index contributed by atoms with van der Waals surface area (Å²) in [5, 5.41) is 10.2. The first-order valence-corrected chi connectivity index (χ1v) is 10.7. The second-order valence-electron chi connectivity index (χ2n) is 8.01. The molecule has 10 heteroatoms. The second kappa shape index (κ2) is 9.34. The summed E-state index contributed by atoms with van der Waals surface area (Å²) in [7, 11) is 1.57. The average molecular weight is 474 g/mol. The van der Waals surface area contributed by atoms with Gasteiger partial charge in [-0.3, -0.25) is 19.1 Å². The minimum Gasteiger partial charge on any atom is -0.366 e. The van der Waals surface area contributed by atoms with Crippen LogP contribution in [0.25, 0.3) is 10.9 Å². The molecular weight excluding hydrogens is 451 g/mol.